The molecule has 1 saturated heterocycles. The summed E-state index contributed by atoms with van der Waals surface area (Å²) in [6.07, 6.45) is 0. The Bertz CT molecular complexity index is 432. The Morgan fingerprint density at radius 2 is 2.22 bits per heavy atom. The van der Waals surface area contributed by atoms with Crippen LogP contribution in [0.15, 0.2) is 29.3 Å². The minimum Gasteiger partial charge on any atom is -0.496 e. The van der Waals surface area contributed by atoms with Gasteiger partial charge in [-0.25, -0.2) is 0 Å². The van der Waals surface area contributed by atoms with Crippen molar-refractivity contribution in [2.45, 2.75) is 26.4 Å². The second-order valence-corrected chi connectivity index (χ2v) is 5.75. The van der Waals surface area contributed by atoms with Crippen molar-refractivity contribution in [1.29, 1.82) is 0 Å². The molecule has 3 nitrogen and oxygen atoms in total. The number of amidine groups is 1. The maximum absolute atomic E-state index is 5.32. The van der Waals surface area contributed by atoms with E-state index in [1.165, 1.54) is 0 Å². The first-order valence-corrected chi connectivity index (χ1v) is 7.25. The summed E-state index contributed by atoms with van der Waals surface area (Å²) in [6, 6.07) is 8.58. The number of nitrogens with zero attached hydrogens (tertiary/aromatic N) is 1. The molecule has 2 rings (SSSR count). The summed E-state index contributed by atoms with van der Waals surface area (Å²) in [5.74, 6) is 2.67. The van der Waals surface area contributed by atoms with Gasteiger partial charge < -0.3 is 10.1 Å². The van der Waals surface area contributed by atoms with E-state index in [1.807, 2.05) is 30.0 Å². The van der Waals surface area contributed by atoms with Gasteiger partial charge in [-0.05, 0) is 12.0 Å². The molecule has 98 valence electrons. The molecule has 1 aliphatic rings. The molecule has 4 heteroatoms. The number of nitrogens with one attached hydrogen (secondary N) is 1. The molecule has 1 aliphatic heterocycles. The molecule has 0 aliphatic carbocycles. The van der Waals surface area contributed by atoms with E-state index < -0.39 is 0 Å². The molecule has 0 aromatic heterocycles. The lowest BCUT2D eigenvalue weighted by molar-refractivity contribution is 0.410. The highest BCUT2D eigenvalue weighted by Crippen LogP contribution is 2.22. The SMILES string of the molecule is COc1ccccc1CN=C1N[C@@H](C(C)C)CS1. The van der Waals surface area contributed by atoms with Crippen LogP contribution in [0.25, 0.3) is 0 Å². The Morgan fingerprint density at radius 3 is 2.89 bits per heavy atom. The van der Waals surface area contributed by atoms with E-state index in [-0.39, 0.29) is 0 Å². The molecule has 1 aromatic rings. The third-order valence-electron chi connectivity index (χ3n) is 3.10. The maximum atomic E-state index is 5.32. The van der Waals surface area contributed by atoms with Crippen LogP contribution < -0.4 is 10.1 Å². The number of benzene rings is 1. The molecule has 1 N–H and O–H groups in total. The molecule has 1 aromatic carbocycles. The summed E-state index contributed by atoms with van der Waals surface area (Å²) in [7, 11) is 1.70. The van der Waals surface area contributed by atoms with E-state index in [4.69, 9.17) is 4.74 Å². The van der Waals surface area contributed by atoms with Gasteiger partial charge in [0.15, 0.2) is 5.17 Å². The highest BCUT2D eigenvalue weighted by atomic mass is 32.2. The lowest BCUT2D eigenvalue weighted by atomic mass is 10.1. The fraction of sp³-hybridized carbons (Fsp3) is 0.500. The first-order valence-electron chi connectivity index (χ1n) is 6.26. The van der Waals surface area contributed by atoms with Crippen molar-refractivity contribution in [1.82, 2.24) is 5.32 Å². The van der Waals surface area contributed by atoms with Crippen LogP contribution in [0, 0.1) is 5.92 Å². The summed E-state index contributed by atoms with van der Waals surface area (Å²) in [6.45, 7) is 5.15. The van der Waals surface area contributed by atoms with Gasteiger partial charge >= 0.3 is 0 Å². The van der Waals surface area contributed by atoms with Crippen LogP contribution in [0.5, 0.6) is 5.75 Å². The summed E-state index contributed by atoms with van der Waals surface area (Å²) in [4.78, 5) is 4.62. The number of rotatable bonds is 4. The van der Waals surface area contributed by atoms with Gasteiger partial charge in [-0.15, -0.1) is 0 Å². The van der Waals surface area contributed by atoms with Gasteiger partial charge in [0.1, 0.15) is 5.75 Å². The third-order valence-corrected chi connectivity index (χ3v) is 4.14. The predicted octanol–water partition coefficient (Wildman–Crippen LogP) is 2.91. The normalized spacial score (nSPS) is 21.3. The lowest BCUT2D eigenvalue weighted by Gasteiger charge is -2.13. The number of hydrogen-bond acceptors (Lipinski definition) is 3. The van der Waals surface area contributed by atoms with Gasteiger partial charge in [-0.2, -0.15) is 0 Å². The number of para-hydroxylation sites is 1. The molecule has 0 unspecified atom stereocenters. The van der Waals surface area contributed by atoms with E-state index in [0.717, 1.165) is 22.2 Å². The average Bonchev–Trinajstić information content (AvgIpc) is 2.85. The average molecular weight is 264 g/mol. The first-order chi connectivity index (χ1) is 8.70. The van der Waals surface area contributed by atoms with E-state index in [1.54, 1.807) is 7.11 Å². The smallest absolute Gasteiger partial charge is 0.157 e. The number of methoxy groups -OCH3 is 1. The van der Waals surface area contributed by atoms with Crippen molar-refractivity contribution in [2.24, 2.45) is 10.9 Å². The van der Waals surface area contributed by atoms with Gasteiger partial charge in [0.05, 0.1) is 13.7 Å². The molecular formula is C14H20N2OS. The molecular weight excluding hydrogens is 244 g/mol. The van der Waals surface area contributed by atoms with Crippen LogP contribution in [0.1, 0.15) is 19.4 Å². The molecule has 1 fully saturated rings. The number of thioether (sulfide) groups is 1. The number of hydrogen-bond donors (Lipinski definition) is 1. The lowest BCUT2D eigenvalue weighted by Crippen LogP contribution is -2.31. The first kappa shape index (κ1) is 13.3. The molecule has 0 radical (unpaired) electrons. The van der Waals surface area contributed by atoms with Gasteiger partial charge in [-0.1, -0.05) is 43.8 Å². The molecule has 1 atom stereocenters. The number of ether oxygens (including phenoxy) is 1. The van der Waals surface area contributed by atoms with E-state index >= 15 is 0 Å². The molecule has 0 saturated carbocycles. The van der Waals surface area contributed by atoms with Crippen molar-refractivity contribution in [2.75, 3.05) is 12.9 Å². The molecule has 0 bridgehead atoms. The number of aliphatic imine (C=N–C) groups is 1. The Labute approximate surface area is 113 Å². The van der Waals surface area contributed by atoms with E-state index in [2.05, 4.69) is 30.2 Å². The zero-order valence-electron chi connectivity index (χ0n) is 11.1. The summed E-state index contributed by atoms with van der Waals surface area (Å²) < 4.78 is 5.32. The van der Waals surface area contributed by atoms with Crippen molar-refractivity contribution in [3.63, 3.8) is 0 Å². The summed E-state index contributed by atoms with van der Waals surface area (Å²) >= 11 is 1.81. The van der Waals surface area contributed by atoms with Crippen molar-refractivity contribution in [3.8, 4) is 5.75 Å². The minimum atomic E-state index is 0.548. The highest BCUT2D eigenvalue weighted by molar-refractivity contribution is 8.14. The zero-order chi connectivity index (χ0) is 13.0. The van der Waals surface area contributed by atoms with Crippen molar-refractivity contribution < 1.29 is 4.74 Å². The fourth-order valence-corrected chi connectivity index (χ4v) is 3.05. The van der Waals surface area contributed by atoms with E-state index in [0.29, 0.717) is 18.5 Å². The van der Waals surface area contributed by atoms with Crippen LogP contribution in [0.3, 0.4) is 0 Å². The standard InChI is InChI=1S/C14H20N2OS/c1-10(2)12-9-18-14(16-12)15-8-11-6-4-5-7-13(11)17-3/h4-7,10,12H,8-9H2,1-3H3,(H,15,16)/t12-/m1/s1. The molecule has 1 heterocycles. The highest BCUT2D eigenvalue weighted by Gasteiger charge is 2.22. The van der Waals surface area contributed by atoms with Gasteiger partial charge in [0, 0.05) is 17.4 Å². The topological polar surface area (TPSA) is 33.6 Å². The quantitative estimate of drug-likeness (QED) is 0.908. The Hall–Kier alpha value is -1.16. The van der Waals surface area contributed by atoms with Crippen LogP contribution >= 0.6 is 11.8 Å². The monoisotopic (exact) mass is 264 g/mol. The van der Waals surface area contributed by atoms with Crippen LogP contribution in [-0.2, 0) is 6.54 Å². The van der Waals surface area contributed by atoms with Gasteiger partial charge in [0.2, 0.25) is 0 Å². The fourth-order valence-electron chi connectivity index (χ4n) is 1.85. The zero-order valence-corrected chi connectivity index (χ0v) is 12.0. The van der Waals surface area contributed by atoms with Crippen LogP contribution in [0.4, 0.5) is 0 Å². The Balaban J connectivity index is 1.99. The third kappa shape index (κ3) is 3.19. The largest absolute Gasteiger partial charge is 0.496 e. The van der Waals surface area contributed by atoms with Gasteiger partial charge in [0.25, 0.3) is 0 Å². The molecule has 0 spiro atoms. The summed E-state index contributed by atoms with van der Waals surface area (Å²) in [5.41, 5.74) is 1.13. The second-order valence-electron chi connectivity index (χ2n) is 4.74. The molecule has 0 amide bonds. The minimum absolute atomic E-state index is 0.548. The van der Waals surface area contributed by atoms with Gasteiger partial charge in [-0.3, -0.25) is 4.99 Å². The van der Waals surface area contributed by atoms with Crippen LogP contribution in [-0.4, -0.2) is 24.1 Å². The molecule has 18 heavy (non-hydrogen) atoms. The maximum Gasteiger partial charge on any atom is 0.157 e. The van der Waals surface area contributed by atoms with Crippen LogP contribution in [0.2, 0.25) is 0 Å². The van der Waals surface area contributed by atoms with Crippen molar-refractivity contribution >= 4 is 16.9 Å². The predicted molar refractivity (Wildman–Crippen MR) is 78.4 cm³/mol. The van der Waals surface area contributed by atoms with Crippen molar-refractivity contribution in [3.05, 3.63) is 29.8 Å². The Morgan fingerprint density at radius 1 is 1.44 bits per heavy atom. The Kier molecular flexibility index (Phi) is 4.53. The second kappa shape index (κ2) is 6.14. The summed E-state index contributed by atoms with van der Waals surface area (Å²) in [5, 5.41) is 4.53. The van der Waals surface area contributed by atoms with E-state index in [9.17, 15) is 0 Å².